The molecule has 1 unspecified atom stereocenters. The number of nitrogens with zero attached hydrogens (tertiary/aromatic N) is 1. The van der Waals surface area contributed by atoms with E-state index >= 15 is 0 Å². The summed E-state index contributed by atoms with van der Waals surface area (Å²) in [5, 5.41) is 6.66. The molecule has 1 fully saturated rings. The van der Waals surface area contributed by atoms with Gasteiger partial charge in [-0.1, -0.05) is 22.0 Å². The molecule has 25 heavy (non-hydrogen) atoms. The van der Waals surface area contributed by atoms with Crippen molar-refractivity contribution in [2.24, 2.45) is 4.99 Å². The summed E-state index contributed by atoms with van der Waals surface area (Å²) in [7, 11) is 1.79. The maximum atomic E-state index is 5.66. The minimum Gasteiger partial charge on any atom is -0.379 e. The van der Waals surface area contributed by atoms with Crippen LogP contribution in [0.15, 0.2) is 27.7 Å². The second-order valence-corrected chi connectivity index (χ2v) is 6.90. The Hall–Kier alpha value is -0.380. The summed E-state index contributed by atoms with van der Waals surface area (Å²) in [6, 6.07) is 6.31. The number of halogens is 2. The van der Waals surface area contributed by atoms with Crippen molar-refractivity contribution in [3.63, 3.8) is 0 Å². The molecule has 0 radical (unpaired) electrons. The smallest absolute Gasteiger partial charge is 0.191 e. The van der Waals surface area contributed by atoms with Gasteiger partial charge in [0.25, 0.3) is 0 Å². The molecule has 1 saturated heterocycles. The zero-order valence-corrected chi connectivity index (χ0v) is 18.9. The summed E-state index contributed by atoms with van der Waals surface area (Å²) in [5.41, 5.74) is 2.52. The lowest BCUT2D eigenvalue weighted by atomic mass is 10.1. The number of rotatable bonds is 8. The van der Waals surface area contributed by atoms with Crippen molar-refractivity contribution in [2.45, 2.75) is 38.8 Å². The molecule has 0 aromatic heterocycles. The van der Waals surface area contributed by atoms with E-state index in [1.165, 1.54) is 11.1 Å². The normalized spacial score (nSPS) is 17.2. The summed E-state index contributed by atoms with van der Waals surface area (Å²) in [6.45, 7) is 6.06. The highest BCUT2D eigenvalue weighted by Crippen LogP contribution is 2.15. The molecule has 0 spiro atoms. The van der Waals surface area contributed by atoms with E-state index in [2.05, 4.69) is 56.7 Å². The summed E-state index contributed by atoms with van der Waals surface area (Å²) >= 11 is 3.49. The SMILES string of the molecule is CN=C(NCCCOCC1CCCO1)NCc1ccc(Br)cc1C.I. The Morgan fingerprint density at radius 2 is 2.24 bits per heavy atom. The number of benzene rings is 1. The predicted molar refractivity (Wildman–Crippen MR) is 117 cm³/mol. The first-order chi connectivity index (χ1) is 11.7. The Morgan fingerprint density at radius 1 is 1.40 bits per heavy atom. The van der Waals surface area contributed by atoms with Crippen LogP contribution in [0.5, 0.6) is 0 Å². The van der Waals surface area contributed by atoms with Crippen molar-refractivity contribution in [3.8, 4) is 0 Å². The van der Waals surface area contributed by atoms with Crippen molar-refractivity contribution in [2.75, 3.05) is 33.4 Å². The van der Waals surface area contributed by atoms with E-state index in [-0.39, 0.29) is 24.0 Å². The standard InChI is InChI=1S/C18H28BrN3O2.HI/c1-14-11-16(19)7-6-15(14)12-22-18(20-2)21-8-4-9-23-13-17-5-3-10-24-17;/h6-7,11,17H,3-5,8-10,12-13H2,1-2H3,(H2,20,21,22);1H. The molecule has 1 aliphatic heterocycles. The Labute approximate surface area is 176 Å². The lowest BCUT2D eigenvalue weighted by Crippen LogP contribution is -2.37. The topological polar surface area (TPSA) is 54.9 Å². The molecule has 0 saturated carbocycles. The van der Waals surface area contributed by atoms with Crippen molar-refractivity contribution in [3.05, 3.63) is 33.8 Å². The van der Waals surface area contributed by atoms with Crippen LogP contribution in [-0.2, 0) is 16.0 Å². The van der Waals surface area contributed by atoms with E-state index in [0.717, 1.165) is 62.6 Å². The Bertz CT molecular complexity index is 537. The Morgan fingerprint density at radius 3 is 2.92 bits per heavy atom. The van der Waals surface area contributed by atoms with Gasteiger partial charge >= 0.3 is 0 Å². The van der Waals surface area contributed by atoms with Gasteiger partial charge in [-0.3, -0.25) is 4.99 Å². The molecule has 2 rings (SSSR count). The molecule has 1 aliphatic rings. The van der Waals surface area contributed by atoms with Crippen molar-refractivity contribution < 1.29 is 9.47 Å². The van der Waals surface area contributed by atoms with Crippen LogP contribution in [0, 0.1) is 6.92 Å². The highest BCUT2D eigenvalue weighted by molar-refractivity contribution is 14.0. The van der Waals surface area contributed by atoms with Crippen LogP contribution in [-0.4, -0.2) is 45.5 Å². The van der Waals surface area contributed by atoms with Gasteiger partial charge in [0.1, 0.15) is 0 Å². The number of nitrogens with one attached hydrogen (secondary N) is 2. The second-order valence-electron chi connectivity index (χ2n) is 5.99. The van der Waals surface area contributed by atoms with E-state index in [4.69, 9.17) is 9.47 Å². The van der Waals surface area contributed by atoms with Gasteiger partial charge in [0.15, 0.2) is 5.96 Å². The van der Waals surface area contributed by atoms with Crippen LogP contribution in [0.1, 0.15) is 30.4 Å². The van der Waals surface area contributed by atoms with Crippen LogP contribution in [0.4, 0.5) is 0 Å². The molecule has 7 heteroatoms. The number of guanidine groups is 1. The molecule has 2 N–H and O–H groups in total. The van der Waals surface area contributed by atoms with Crippen LogP contribution in [0.3, 0.4) is 0 Å². The van der Waals surface area contributed by atoms with E-state index in [9.17, 15) is 0 Å². The van der Waals surface area contributed by atoms with Crippen molar-refractivity contribution >= 4 is 45.9 Å². The maximum absolute atomic E-state index is 5.66. The number of hydrogen-bond donors (Lipinski definition) is 2. The summed E-state index contributed by atoms with van der Waals surface area (Å²) in [4.78, 5) is 4.26. The molecule has 142 valence electrons. The van der Waals surface area contributed by atoms with Gasteiger partial charge < -0.3 is 20.1 Å². The van der Waals surface area contributed by atoms with Gasteiger partial charge in [-0.2, -0.15) is 0 Å². The first-order valence-corrected chi connectivity index (χ1v) is 9.37. The van der Waals surface area contributed by atoms with Gasteiger partial charge in [0.05, 0.1) is 12.7 Å². The molecule has 0 bridgehead atoms. The van der Waals surface area contributed by atoms with Gasteiger partial charge in [-0.25, -0.2) is 0 Å². The van der Waals surface area contributed by atoms with Gasteiger partial charge in [-0.05, 0) is 49.4 Å². The van der Waals surface area contributed by atoms with E-state index < -0.39 is 0 Å². The highest BCUT2D eigenvalue weighted by atomic mass is 127. The average molecular weight is 526 g/mol. The molecule has 5 nitrogen and oxygen atoms in total. The third-order valence-electron chi connectivity index (χ3n) is 4.06. The third-order valence-corrected chi connectivity index (χ3v) is 4.55. The van der Waals surface area contributed by atoms with Crippen LogP contribution >= 0.6 is 39.9 Å². The third kappa shape index (κ3) is 8.70. The first kappa shape index (κ1) is 22.7. The monoisotopic (exact) mass is 525 g/mol. The van der Waals surface area contributed by atoms with Crippen molar-refractivity contribution in [1.29, 1.82) is 0 Å². The van der Waals surface area contributed by atoms with E-state index in [0.29, 0.717) is 6.10 Å². The quantitative estimate of drug-likeness (QED) is 0.235. The van der Waals surface area contributed by atoms with Gasteiger partial charge in [0.2, 0.25) is 0 Å². The molecular weight excluding hydrogens is 497 g/mol. The largest absolute Gasteiger partial charge is 0.379 e. The fraction of sp³-hybridized carbons (Fsp3) is 0.611. The minimum atomic E-state index is 0. The van der Waals surface area contributed by atoms with Crippen LogP contribution < -0.4 is 10.6 Å². The lowest BCUT2D eigenvalue weighted by molar-refractivity contribution is 0.0168. The predicted octanol–water partition coefficient (Wildman–Crippen LogP) is 3.63. The number of ether oxygens (including phenoxy) is 2. The summed E-state index contributed by atoms with van der Waals surface area (Å²) in [6.07, 6.45) is 3.55. The van der Waals surface area contributed by atoms with Crippen LogP contribution in [0.2, 0.25) is 0 Å². The molecule has 0 amide bonds. The summed E-state index contributed by atoms with van der Waals surface area (Å²) < 4.78 is 12.3. The molecular formula is C18H29BrIN3O2. The summed E-state index contributed by atoms with van der Waals surface area (Å²) in [5.74, 6) is 0.816. The van der Waals surface area contributed by atoms with Gasteiger partial charge in [-0.15, -0.1) is 24.0 Å². The number of hydrogen-bond acceptors (Lipinski definition) is 3. The average Bonchev–Trinajstić information content (AvgIpc) is 3.08. The van der Waals surface area contributed by atoms with Crippen molar-refractivity contribution in [1.82, 2.24) is 10.6 Å². The second kappa shape index (κ2) is 12.9. The van der Waals surface area contributed by atoms with Gasteiger partial charge in [0, 0.05) is 37.8 Å². The molecule has 1 aromatic rings. The van der Waals surface area contributed by atoms with E-state index in [1.54, 1.807) is 7.05 Å². The van der Waals surface area contributed by atoms with Crippen LogP contribution in [0.25, 0.3) is 0 Å². The number of aliphatic imine (C=N–C) groups is 1. The first-order valence-electron chi connectivity index (χ1n) is 8.58. The minimum absolute atomic E-state index is 0. The Kier molecular flexibility index (Phi) is 11.7. The zero-order valence-electron chi connectivity index (χ0n) is 15.0. The molecule has 1 atom stereocenters. The molecule has 0 aliphatic carbocycles. The highest BCUT2D eigenvalue weighted by Gasteiger charge is 2.14. The Balaban J connectivity index is 0.00000312. The van der Waals surface area contributed by atoms with E-state index in [1.807, 2.05) is 0 Å². The fourth-order valence-electron chi connectivity index (χ4n) is 2.63. The molecule has 1 aromatic carbocycles. The number of aryl methyl sites for hydroxylation is 1. The lowest BCUT2D eigenvalue weighted by Gasteiger charge is -2.14. The molecule has 1 heterocycles. The maximum Gasteiger partial charge on any atom is 0.191 e. The zero-order chi connectivity index (χ0) is 17.2. The fourth-order valence-corrected chi connectivity index (χ4v) is 3.10.